The lowest BCUT2D eigenvalue weighted by atomic mass is 9.61. The van der Waals surface area contributed by atoms with Gasteiger partial charge in [-0.1, -0.05) is 178 Å². The molecule has 2 nitrogen and oxygen atoms in total. The van der Waals surface area contributed by atoms with Crippen LogP contribution >= 0.6 is 11.3 Å². The molecule has 3 aliphatic rings. The summed E-state index contributed by atoms with van der Waals surface area (Å²) in [6.07, 6.45) is 0. The van der Waals surface area contributed by atoms with Gasteiger partial charge in [-0.15, -0.1) is 11.3 Å². The zero-order valence-corrected chi connectivity index (χ0v) is 45.3. The van der Waals surface area contributed by atoms with E-state index < -0.39 is 0 Å². The normalized spacial score (nSPS) is 15.5. The Morgan fingerprint density at radius 2 is 1.09 bits per heavy atom. The van der Waals surface area contributed by atoms with Gasteiger partial charge in [0.25, 0.3) is 0 Å². The van der Waals surface area contributed by atoms with Crippen molar-refractivity contribution in [2.24, 2.45) is 0 Å². The third kappa shape index (κ3) is 6.43. The molecule has 0 bridgehead atoms. The molecule has 0 saturated carbocycles. The summed E-state index contributed by atoms with van der Waals surface area (Å²) in [6, 6.07) is 45.8. The molecule has 3 heterocycles. The number of benzene rings is 7. The Bertz CT molecular complexity index is 3730. The molecule has 0 atom stereocenters. The van der Waals surface area contributed by atoms with E-state index in [1.807, 2.05) is 11.3 Å². The van der Waals surface area contributed by atoms with E-state index >= 15 is 0 Å². The van der Waals surface area contributed by atoms with Crippen molar-refractivity contribution in [3.63, 3.8) is 0 Å². The second-order valence-corrected chi connectivity index (χ2v) is 27.5. The summed E-state index contributed by atoms with van der Waals surface area (Å²) >= 11 is 2.00. The minimum absolute atomic E-state index is 0.0111. The van der Waals surface area contributed by atoms with Crippen molar-refractivity contribution in [1.29, 1.82) is 0 Å². The van der Waals surface area contributed by atoms with Gasteiger partial charge in [0.05, 0.1) is 11.2 Å². The summed E-state index contributed by atoms with van der Waals surface area (Å²) in [7, 11) is 0.859. The minimum atomic E-state index is -0.266. The molecule has 9 aromatic rings. The highest BCUT2D eigenvalue weighted by Crippen LogP contribution is 2.59. The molecule has 0 fully saturated rings. The highest BCUT2D eigenvalue weighted by molar-refractivity contribution is 7.29. The van der Waals surface area contributed by atoms with Gasteiger partial charge in [-0.2, -0.15) is 0 Å². The molecule has 0 amide bonds. The molecule has 70 heavy (non-hydrogen) atoms. The van der Waals surface area contributed by atoms with Gasteiger partial charge in [0, 0.05) is 54.1 Å². The predicted octanol–water partition coefficient (Wildman–Crippen LogP) is 16.9. The van der Waals surface area contributed by atoms with Gasteiger partial charge in [-0.05, 0) is 153 Å². The fourth-order valence-corrected chi connectivity index (χ4v) is 13.9. The van der Waals surface area contributed by atoms with Crippen LogP contribution in [-0.2, 0) is 32.5 Å². The van der Waals surface area contributed by atoms with Crippen LogP contribution in [0.15, 0.2) is 115 Å². The Hall–Kier alpha value is -5.84. The maximum atomic E-state index is 4.15. The molecule has 7 aromatic carbocycles. The number of aromatic nitrogens is 1. The largest absolute Gasteiger partial charge is 0.355 e. The number of hydrogen-bond acceptors (Lipinski definition) is 2. The number of nitrogens with one attached hydrogen (secondary N) is 1. The Labute approximate surface area is 421 Å². The fraction of sp³-hybridized carbons (Fsp3) is 0.333. The maximum absolute atomic E-state index is 4.15. The van der Waals surface area contributed by atoms with Crippen LogP contribution in [0.3, 0.4) is 0 Å². The summed E-state index contributed by atoms with van der Waals surface area (Å²) in [5.41, 5.74) is 26.6. The highest BCUT2D eigenvalue weighted by atomic mass is 32.1. The third-order valence-electron chi connectivity index (χ3n) is 16.8. The van der Waals surface area contributed by atoms with E-state index in [0.29, 0.717) is 0 Å². The van der Waals surface area contributed by atoms with Crippen molar-refractivity contribution in [2.75, 3.05) is 5.32 Å². The lowest BCUT2D eigenvalue weighted by molar-refractivity contribution is 0.584. The van der Waals surface area contributed by atoms with Gasteiger partial charge in [0.15, 0.2) is 0 Å². The first kappa shape index (κ1) is 45.3. The highest BCUT2D eigenvalue weighted by Gasteiger charge is 2.45. The molecule has 4 heteroatoms. The summed E-state index contributed by atoms with van der Waals surface area (Å²) < 4.78 is 5.53. The van der Waals surface area contributed by atoms with Crippen LogP contribution in [0.4, 0.5) is 11.4 Å². The van der Waals surface area contributed by atoms with Crippen molar-refractivity contribution < 1.29 is 0 Å². The SMILES string of the molecule is CC(C)(C)c1ccc(Nc2cc3c(cc2-c2c4c(c5c6cc(C(C)(C)C)ccc6n6c5c2Bc2sc5ccc(C(C)(C)C)cc5c2-6)C(C)(C)c2ccccc2-4)-c2ccc(C(C)(C)C)cc2C3(C)C)cc1. The van der Waals surface area contributed by atoms with Crippen LogP contribution in [-0.4, -0.2) is 11.8 Å². The summed E-state index contributed by atoms with van der Waals surface area (Å²) in [5.74, 6) is 0. The van der Waals surface area contributed by atoms with E-state index in [1.165, 1.54) is 126 Å². The number of fused-ring (bicyclic) bond motifs is 14. The van der Waals surface area contributed by atoms with Gasteiger partial charge in [0.2, 0.25) is 7.28 Å². The first-order valence-corrected chi connectivity index (χ1v) is 26.6. The van der Waals surface area contributed by atoms with Crippen molar-refractivity contribution in [2.45, 2.75) is 143 Å². The molecule has 0 radical (unpaired) electrons. The zero-order chi connectivity index (χ0) is 49.6. The second kappa shape index (κ2) is 14.4. The molecule has 0 spiro atoms. The first-order chi connectivity index (χ1) is 32.7. The van der Waals surface area contributed by atoms with Crippen LogP contribution < -0.4 is 15.6 Å². The predicted molar refractivity (Wildman–Crippen MR) is 308 cm³/mol. The molecule has 2 aliphatic carbocycles. The van der Waals surface area contributed by atoms with Crippen LogP contribution in [0.1, 0.15) is 155 Å². The topological polar surface area (TPSA) is 17.0 Å². The van der Waals surface area contributed by atoms with E-state index in [0.717, 1.165) is 18.7 Å². The summed E-state index contributed by atoms with van der Waals surface area (Å²) in [4.78, 5) is 0. The van der Waals surface area contributed by atoms with Crippen LogP contribution in [0.2, 0.25) is 0 Å². The molecule has 2 aromatic heterocycles. The van der Waals surface area contributed by atoms with Crippen molar-refractivity contribution in [3.8, 4) is 39.1 Å². The van der Waals surface area contributed by atoms with Crippen LogP contribution in [0.25, 0.3) is 71.0 Å². The Balaban J connectivity index is 1.26. The van der Waals surface area contributed by atoms with Gasteiger partial charge >= 0.3 is 0 Å². The van der Waals surface area contributed by atoms with Crippen LogP contribution in [0.5, 0.6) is 0 Å². The molecule has 12 rings (SSSR count). The van der Waals surface area contributed by atoms with Crippen molar-refractivity contribution in [3.05, 3.63) is 160 Å². The van der Waals surface area contributed by atoms with Crippen LogP contribution in [0, 0.1) is 0 Å². The maximum Gasteiger partial charge on any atom is 0.211 e. The van der Waals surface area contributed by atoms with Gasteiger partial charge < -0.3 is 9.88 Å². The quantitative estimate of drug-likeness (QED) is 0.175. The average molecular weight is 933 g/mol. The molecular weight excluding hydrogens is 864 g/mol. The fourth-order valence-electron chi connectivity index (χ4n) is 12.7. The Kier molecular flexibility index (Phi) is 9.33. The molecule has 0 unspecified atom stereocenters. The summed E-state index contributed by atoms with van der Waals surface area (Å²) in [5, 5.41) is 8.31. The average Bonchev–Trinajstić information content (AvgIpc) is 3.95. The number of thiophene rings is 1. The molecule has 352 valence electrons. The van der Waals surface area contributed by atoms with Crippen molar-refractivity contribution in [1.82, 2.24) is 4.57 Å². The summed E-state index contributed by atoms with van der Waals surface area (Å²) in [6.45, 7) is 37.9. The smallest absolute Gasteiger partial charge is 0.211 e. The van der Waals surface area contributed by atoms with E-state index in [1.54, 1.807) is 0 Å². The van der Waals surface area contributed by atoms with Gasteiger partial charge in [0.1, 0.15) is 0 Å². The standard InChI is InChI=1S/C66H69BN2S/c1-61(2,3)36-21-26-40(27-22-36)68-50-35-49-43(41-28-23-39(64(10,11)12)33-48(41)65(49,13)14)34-44(50)54-53-42-19-17-18-20-47(42)66(15,16)56(53)55-45-31-37(62(4,5)6)24-29-51(45)69-58-46-32-38(63(7,8)9)25-30-52(46)70-60(58)67-57(54)59(55)69/h17-35,67-68H,1-16H3. The molecule has 1 aliphatic heterocycles. The number of anilines is 2. The number of rotatable bonds is 3. The number of nitrogens with zero attached hydrogens (tertiary/aromatic N) is 1. The lowest BCUT2D eigenvalue weighted by Gasteiger charge is -2.29. The Morgan fingerprint density at radius 3 is 1.76 bits per heavy atom. The molecule has 1 N–H and O–H groups in total. The Morgan fingerprint density at radius 1 is 0.500 bits per heavy atom. The molecular formula is C66H69BN2S. The van der Waals surface area contributed by atoms with Crippen molar-refractivity contribution >= 4 is 72.1 Å². The van der Waals surface area contributed by atoms with E-state index in [9.17, 15) is 0 Å². The monoisotopic (exact) mass is 933 g/mol. The zero-order valence-electron chi connectivity index (χ0n) is 44.5. The van der Waals surface area contributed by atoms with E-state index in [4.69, 9.17) is 0 Å². The third-order valence-corrected chi connectivity index (χ3v) is 18.0. The lowest BCUT2D eigenvalue weighted by Crippen LogP contribution is -2.36. The minimum Gasteiger partial charge on any atom is -0.355 e. The van der Waals surface area contributed by atoms with Gasteiger partial charge in [-0.3, -0.25) is 0 Å². The molecule has 0 saturated heterocycles. The number of hydrogen-bond donors (Lipinski definition) is 1. The van der Waals surface area contributed by atoms with E-state index in [2.05, 4.69) is 236 Å². The first-order valence-electron chi connectivity index (χ1n) is 25.8. The van der Waals surface area contributed by atoms with Gasteiger partial charge in [-0.25, -0.2) is 0 Å². The second-order valence-electron chi connectivity index (χ2n) is 26.4. The van der Waals surface area contributed by atoms with E-state index in [-0.39, 0.29) is 32.5 Å².